The lowest BCUT2D eigenvalue weighted by Crippen LogP contribution is -3.07. The van der Waals surface area contributed by atoms with Gasteiger partial charge in [-0.3, -0.25) is 0 Å². The van der Waals surface area contributed by atoms with E-state index < -0.39 is 0 Å². The first kappa shape index (κ1) is 14.6. The largest absolute Gasteiger partial charge is 1.00 e. The predicted octanol–water partition coefficient (Wildman–Crippen LogP) is -1.35. The third-order valence-electron chi connectivity index (χ3n) is 1.89. The molecule has 1 unspecified atom stereocenters. The Morgan fingerprint density at radius 2 is 2.00 bits per heavy atom. The first-order valence-electron chi connectivity index (χ1n) is 4.32. The number of benzene rings is 1. The van der Waals surface area contributed by atoms with E-state index in [1.54, 1.807) is 0 Å². The van der Waals surface area contributed by atoms with Crippen LogP contribution in [0.2, 0.25) is 10.0 Å². The zero-order valence-corrected chi connectivity index (χ0v) is 10.6. The smallest absolute Gasteiger partial charge is 0.139 e. The second kappa shape index (κ2) is 6.98. The maximum atomic E-state index is 5.89. The molecule has 82 valence electrons. The molecule has 1 atom stereocenters. The topological polar surface area (TPSA) is 4.44 Å². The molecule has 1 aromatic carbocycles. The highest BCUT2D eigenvalue weighted by atomic mass is 35.5. The van der Waals surface area contributed by atoms with E-state index in [4.69, 9.17) is 29.6 Å². The zero-order valence-electron chi connectivity index (χ0n) is 8.36. The van der Waals surface area contributed by atoms with Crippen molar-refractivity contribution in [3.8, 4) is 12.3 Å². The van der Waals surface area contributed by atoms with Crippen molar-refractivity contribution in [1.82, 2.24) is 0 Å². The number of nitrogens with one attached hydrogen (secondary N) is 1. The lowest BCUT2D eigenvalue weighted by Gasteiger charge is -2.10. The van der Waals surface area contributed by atoms with Crippen LogP contribution in [0.4, 0.5) is 0 Å². The van der Waals surface area contributed by atoms with Crippen LogP contribution in [0.1, 0.15) is 5.56 Å². The highest BCUT2D eigenvalue weighted by Crippen LogP contribution is 2.22. The van der Waals surface area contributed by atoms with Crippen LogP contribution >= 0.6 is 23.2 Å². The van der Waals surface area contributed by atoms with Crippen molar-refractivity contribution in [3.63, 3.8) is 0 Å². The van der Waals surface area contributed by atoms with Crippen LogP contribution in [-0.4, -0.2) is 13.6 Å². The van der Waals surface area contributed by atoms with E-state index in [9.17, 15) is 0 Å². The van der Waals surface area contributed by atoms with Gasteiger partial charge in [-0.25, -0.2) is 0 Å². The van der Waals surface area contributed by atoms with Gasteiger partial charge in [0.15, 0.2) is 0 Å². The average molecular weight is 265 g/mol. The number of rotatable bonds is 3. The SMILES string of the molecule is C#CC[NH+](C)Cc1ccc(Cl)c(Cl)c1.[Cl-]. The van der Waals surface area contributed by atoms with E-state index in [1.807, 2.05) is 25.2 Å². The van der Waals surface area contributed by atoms with Gasteiger partial charge in [0.1, 0.15) is 13.1 Å². The molecule has 0 aliphatic carbocycles. The van der Waals surface area contributed by atoms with Gasteiger partial charge in [0, 0.05) is 5.56 Å². The maximum Gasteiger partial charge on any atom is 0.139 e. The normalized spacial score (nSPS) is 11.3. The van der Waals surface area contributed by atoms with Crippen LogP contribution in [0.25, 0.3) is 0 Å². The molecule has 0 radical (unpaired) electrons. The van der Waals surface area contributed by atoms with Crippen molar-refractivity contribution < 1.29 is 17.3 Å². The van der Waals surface area contributed by atoms with E-state index >= 15 is 0 Å². The van der Waals surface area contributed by atoms with Crippen molar-refractivity contribution in [2.75, 3.05) is 13.6 Å². The average Bonchev–Trinajstić information content (AvgIpc) is 2.12. The third kappa shape index (κ3) is 4.77. The van der Waals surface area contributed by atoms with Gasteiger partial charge in [0.2, 0.25) is 0 Å². The monoisotopic (exact) mass is 263 g/mol. The molecule has 0 amide bonds. The summed E-state index contributed by atoms with van der Waals surface area (Å²) < 4.78 is 0. The van der Waals surface area contributed by atoms with Crippen molar-refractivity contribution in [1.29, 1.82) is 0 Å². The van der Waals surface area contributed by atoms with Gasteiger partial charge in [0.25, 0.3) is 0 Å². The Hall–Kier alpha value is -0.390. The number of hydrogen-bond acceptors (Lipinski definition) is 0. The van der Waals surface area contributed by atoms with Crippen LogP contribution in [0, 0.1) is 12.3 Å². The van der Waals surface area contributed by atoms with Crippen LogP contribution in [0.15, 0.2) is 18.2 Å². The summed E-state index contributed by atoms with van der Waals surface area (Å²) in [5, 5.41) is 1.18. The summed E-state index contributed by atoms with van der Waals surface area (Å²) in [5.74, 6) is 2.62. The minimum Gasteiger partial charge on any atom is -1.00 e. The summed E-state index contributed by atoms with van der Waals surface area (Å²) in [6.45, 7) is 1.57. The molecule has 0 saturated carbocycles. The van der Waals surface area contributed by atoms with Crippen LogP contribution in [0.5, 0.6) is 0 Å². The minimum atomic E-state index is 0. The van der Waals surface area contributed by atoms with E-state index in [0.29, 0.717) is 16.6 Å². The van der Waals surface area contributed by atoms with E-state index in [2.05, 4.69) is 5.92 Å². The fraction of sp³-hybridized carbons (Fsp3) is 0.273. The summed E-state index contributed by atoms with van der Waals surface area (Å²) in [7, 11) is 2.04. The summed E-state index contributed by atoms with van der Waals surface area (Å²) in [4.78, 5) is 1.26. The molecule has 1 rings (SSSR count). The molecule has 4 heteroatoms. The van der Waals surface area contributed by atoms with Crippen molar-refractivity contribution >= 4 is 23.2 Å². The van der Waals surface area contributed by atoms with Crippen molar-refractivity contribution in [2.45, 2.75) is 6.54 Å². The Labute approximate surface area is 107 Å². The molecule has 1 nitrogen and oxygen atoms in total. The van der Waals surface area contributed by atoms with Gasteiger partial charge in [0.05, 0.1) is 17.1 Å². The first-order chi connectivity index (χ1) is 6.63. The summed E-state index contributed by atoms with van der Waals surface area (Å²) in [5.41, 5.74) is 1.15. The fourth-order valence-corrected chi connectivity index (χ4v) is 1.56. The highest BCUT2D eigenvalue weighted by Gasteiger charge is 2.04. The van der Waals surface area contributed by atoms with Crippen molar-refractivity contribution in [3.05, 3.63) is 33.8 Å². The van der Waals surface area contributed by atoms with Gasteiger partial charge in [-0.2, -0.15) is 0 Å². The standard InChI is InChI=1S/C11H11Cl2N.ClH/c1-3-6-14(2)8-9-4-5-10(12)11(13)7-9;/h1,4-5,7H,6,8H2,2H3;1H. The lowest BCUT2D eigenvalue weighted by molar-refractivity contribution is -0.886. The Morgan fingerprint density at radius 1 is 1.33 bits per heavy atom. The molecule has 1 N–H and O–H groups in total. The second-order valence-corrected chi connectivity index (χ2v) is 4.08. The van der Waals surface area contributed by atoms with Crippen molar-refractivity contribution in [2.24, 2.45) is 0 Å². The summed E-state index contributed by atoms with van der Waals surface area (Å²) in [6.07, 6.45) is 5.22. The van der Waals surface area contributed by atoms with Crippen LogP contribution < -0.4 is 17.3 Å². The number of quaternary nitrogens is 1. The van der Waals surface area contributed by atoms with E-state index in [-0.39, 0.29) is 12.4 Å². The van der Waals surface area contributed by atoms with Gasteiger partial charge >= 0.3 is 0 Å². The van der Waals surface area contributed by atoms with Gasteiger partial charge in [-0.1, -0.05) is 29.3 Å². The molecule has 0 aliphatic rings. The zero-order chi connectivity index (χ0) is 10.6. The molecule has 1 aromatic rings. The highest BCUT2D eigenvalue weighted by molar-refractivity contribution is 6.41. The number of halogens is 3. The van der Waals surface area contributed by atoms with E-state index in [1.165, 1.54) is 4.90 Å². The minimum absolute atomic E-state index is 0. The van der Waals surface area contributed by atoms with E-state index in [0.717, 1.165) is 12.1 Å². The molecule has 0 spiro atoms. The fourth-order valence-electron chi connectivity index (χ4n) is 1.23. The molecular formula is C11H12Cl3N. The van der Waals surface area contributed by atoms with Gasteiger partial charge in [-0.05, 0) is 18.1 Å². The van der Waals surface area contributed by atoms with Crippen LogP contribution in [0.3, 0.4) is 0 Å². The Bertz CT molecular complexity index is 357. The first-order valence-corrected chi connectivity index (χ1v) is 5.07. The Balaban J connectivity index is 0.00000196. The third-order valence-corrected chi connectivity index (χ3v) is 2.63. The lowest BCUT2D eigenvalue weighted by atomic mass is 10.2. The Kier molecular flexibility index (Phi) is 6.80. The number of terminal acetylenes is 1. The molecule has 0 fully saturated rings. The predicted molar refractivity (Wildman–Crippen MR) is 60.8 cm³/mol. The van der Waals surface area contributed by atoms with Gasteiger partial charge in [-0.15, -0.1) is 6.42 Å². The van der Waals surface area contributed by atoms with Crippen LogP contribution in [-0.2, 0) is 6.54 Å². The molecule has 0 bridgehead atoms. The Morgan fingerprint density at radius 3 is 2.53 bits per heavy atom. The molecule has 15 heavy (non-hydrogen) atoms. The molecule has 0 aromatic heterocycles. The molecular weight excluding hydrogens is 252 g/mol. The summed E-state index contributed by atoms with van der Waals surface area (Å²) >= 11 is 11.7. The molecule has 0 saturated heterocycles. The summed E-state index contributed by atoms with van der Waals surface area (Å²) in [6, 6.07) is 5.65. The molecule has 0 aliphatic heterocycles. The second-order valence-electron chi connectivity index (χ2n) is 3.26. The van der Waals surface area contributed by atoms with Gasteiger partial charge < -0.3 is 17.3 Å². The maximum absolute atomic E-state index is 5.89. The number of hydrogen-bond donors (Lipinski definition) is 1. The molecule has 0 heterocycles. The quantitative estimate of drug-likeness (QED) is 0.644.